The summed E-state index contributed by atoms with van der Waals surface area (Å²) in [5.74, 6) is -0.933. The summed E-state index contributed by atoms with van der Waals surface area (Å²) in [4.78, 5) is 26.5. The summed E-state index contributed by atoms with van der Waals surface area (Å²) in [6, 6.07) is 15.3. The lowest BCUT2D eigenvalue weighted by Crippen LogP contribution is -2.37. The van der Waals surface area contributed by atoms with Crippen LogP contribution in [0.5, 0.6) is 0 Å². The molecule has 0 saturated carbocycles. The van der Waals surface area contributed by atoms with Crippen molar-refractivity contribution in [1.82, 2.24) is 5.32 Å². The first-order valence-electron chi connectivity index (χ1n) is 8.45. The number of rotatable bonds is 5. The number of nitrogens with one attached hydrogen (secondary N) is 1. The smallest absolute Gasteiger partial charge is 0.239 e. The standard InChI is InChI=1S/C20H21ClN2O2/c1-14-2-4-15(5-3-14)10-12-22-19(24)18-11-13-23(20(18)25)17-8-6-16(21)7-9-17/h2-9,18H,10-13H2,1H3,(H,22,24). The highest BCUT2D eigenvalue weighted by Crippen LogP contribution is 2.26. The minimum Gasteiger partial charge on any atom is -0.355 e. The van der Waals surface area contributed by atoms with E-state index in [-0.39, 0.29) is 11.8 Å². The molecule has 0 bridgehead atoms. The zero-order valence-electron chi connectivity index (χ0n) is 14.2. The SMILES string of the molecule is Cc1ccc(CCNC(=O)C2CCN(c3ccc(Cl)cc3)C2=O)cc1. The van der Waals surface area contributed by atoms with Crippen molar-refractivity contribution in [2.75, 3.05) is 18.0 Å². The van der Waals surface area contributed by atoms with E-state index in [2.05, 4.69) is 29.6 Å². The maximum absolute atomic E-state index is 12.5. The van der Waals surface area contributed by atoms with Gasteiger partial charge in [0.05, 0.1) is 0 Å². The highest BCUT2D eigenvalue weighted by Gasteiger charge is 2.37. The van der Waals surface area contributed by atoms with Gasteiger partial charge in [-0.15, -0.1) is 0 Å². The number of carbonyl (C=O) groups is 2. The van der Waals surface area contributed by atoms with Crippen molar-refractivity contribution in [1.29, 1.82) is 0 Å². The molecule has 2 aromatic carbocycles. The summed E-state index contributed by atoms with van der Waals surface area (Å²) >= 11 is 5.88. The Bertz CT molecular complexity index is 756. The molecule has 3 rings (SSSR count). The fraction of sp³-hybridized carbons (Fsp3) is 0.300. The third-order valence-electron chi connectivity index (χ3n) is 4.49. The summed E-state index contributed by atoms with van der Waals surface area (Å²) in [7, 11) is 0. The van der Waals surface area contributed by atoms with Crippen LogP contribution in [0.25, 0.3) is 0 Å². The molecular formula is C20H21ClN2O2. The second kappa shape index (κ2) is 7.70. The highest BCUT2D eigenvalue weighted by atomic mass is 35.5. The highest BCUT2D eigenvalue weighted by molar-refractivity contribution is 6.30. The van der Waals surface area contributed by atoms with Crippen LogP contribution in [0.1, 0.15) is 17.5 Å². The molecule has 4 nitrogen and oxygen atoms in total. The van der Waals surface area contributed by atoms with Gasteiger partial charge in [-0.1, -0.05) is 41.4 Å². The van der Waals surface area contributed by atoms with Gasteiger partial charge in [-0.25, -0.2) is 0 Å². The van der Waals surface area contributed by atoms with Crippen molar-refractivity contribution >= 4 is 29.1 Å². The number of halogens is 1. The summed E-state index contributed by atoms with van der Waals surface area (Å²) < 4.78 is 0. The molecular weight excluding hydrogens is 336 g/mol. The first kappa shape index (κ1) is 17.5. The van der Waals surface area contributed by atoms with Crippen molar-refractivity contribution in [2.24, 2.45) is 5.92 Å². The predicted molar refractivity (Wildman–Crippen MR) is 99.8 cm³/mol. The zero-order valence-corrected chi connectivity index (χ0v) is 14.9. The molecule has 0 aromatic heterocycles. The molecule has 1 heterocycles. The number of hydrogen-bond acceptors (Lipinski definition) is 2. The molecule has 25 heavy (non-hydrogen) atoms. The fourth-order valence-electron chi connectivity index (χ4n) is 3.01. The Balaban J connectivity index is 1.53. The van der Waals surface area contributed by atoms with Gasteiger partial charge in [0.2, 0.25) is 11.8 Å². The normalized spacial score (nSPS) is 17.0. The van der Waals surface area contributed by atoms with Crippen molar-refractivity contribution in [2.45, 2.75) is 19.8 Å². The van der Waals surface area contributed by atoms with E-state index in [0.717, 1.165) is 12.1 Å². The van der Waals surface area contributed by atoms with Crippen molar-refractivity contribution < 1.29 is 9.59 Å². The number of amides is 2. The maximum Gasteiger partial charge on any atom is 0.239 e. The van der Waals surface area contributed by atoms with Gasteiger partial charge in [-0.3, -0.25) is 9.59 Å². The van der Waals surface area contributed by atoms with Crippen LogP contribution in [0.15, 0.2) is 48.5 Å². The van der Waals surface area contributed by atoms with Gasteiger partial charge in [0.15, 0.2) is 0 Å². The lowest BCUT2D eigenvalue weighted by atomic mass is 10.1. The maximum atomic E-state index is 12.5. The molecule has 1 atom stereocenters. The Labute approximate surface area is 152 Å². The molecule has 5 heteroatoms. The lowest BCUT2D eigenvalue weighted by molar-refractivity contribution is -0.132. The van der Waals surface area contributed by atoms with Crippen LogP contribution in [0.4, 0.5) is 5.69 Å². The molecule has 0 radical (unpaired) electrons. The molecule has 1 aliphatic rings. The van der Waals surface area contributed by atoms with Crippen molar-refractivity contribution in [3.05, 3.63) is 64.7 Å². The van der Waals surface area contributed by atoms with Crippen LogP contribution < -0.4 is 10.2 Å². The fourth-order valence-corrected chi connectivity index (χ4v) is 3.13. The van der Waals surface area contributed by atoms with Crippen LogP contribution in [0, 0.1) is 12.8 Å². The molecule has 1 N–H and O–H groups in total. The average molecular weight is 357 g/mol. The van der Waals surface area contributed by atoms with E-state index >= 15 is 0 Å². The zero-order chi connectivity index (χ0) is 17.8. The monoisotopic (exact) mass is 356 g/mol. The summed E-state index contributed by atoms with van der Waals surface area (Å²) in [6.07, 6.45) is 1.30. The van der Waals surface area contributed by atoms with Gasteiger partial charge in [-0.2, -0.15) is 0 Å². The molecule has 0 spiro atoms. The number of hydrogen-bond donors (Lipinski definition) is 1. The van der Waals surface area contributed by atoms with Crippen LogP contribution in [0.3, 0.4) is 0 Å². The Morgan fingerprint density at radius 2 is 1.84 bits per heavy atom. The number of nitrogens with zero attached hydrogens (tertiary/aromatic N) is 1. The summed E-state index contributed by atoms with van der Waals surface area (Å²) in [5.41, 5.74) is 3.17. The van der Waals surface area contributed by atoms with E-state index in [1.807, 2.05) is 6.92 Å². The Morgan fingerprint density at radius 1 is 1.16 bits per heavy atom. The first-order valence-corrected chi connectivity index (χ1v) is 8.82. The average Bonchev–Trinajstić information content (AvgIpc) is 2.99. The van der Waals surface area contributed by atoms with E-state index < -0.39 is 5.92 Å². The van der Waals surface area contributed by atoms with Crippen LogP contribution in [-0.4, -0.2) is 24.9 Å². The third-order valence-corrected chi connectivity index (χ3v) is 4.75. The molecule has 1 saturated heterocycles. The van der Waals surface area contributed by atoms with E-state index in [1.54, 1.807) is 29.2 Å². The molecule has 1 fully saturated rings. The van der Waals surface area contributed by atoms with Crippen LogP contribution in [-0.2, 0) is 16.0 Å². The second-order valence-corrected chi connectivity index (χ2v) is 6.77. The van der Waals surface area contributed by atoms with Crippen molar-refractivity contribution in [3.8, 4) is 0 Å². The molecule has 1 unspecified atom stereocenters. The molecule has 2 aromatic rings. The van der Waals surface area contributed by atoms with Crippen LogP contribution >= 0.6 is 11.6 Å². The minimum atomic E-state index is -0.603. The Hall–Kier alpha value is -2.33. The number of carbonyl (C=O) groups excluding carboxylic acids is 2. The summed E-state index contributed by atoms with van der Waals surface area (Å²) in [5, 5.41) is 3.52. The Morgan fingerprint density at radius 3 is 2.52 bits per heavy atom. The number of anilines is 1. The topological polar surface area (TPSA) is 49.4 Å². The molecule has 2 amide bonds. The number of aryl methyl sites for hydroxylation is 1. The van der Waals surface area contributed by atoms with Crippen molar-refractivity contribution in [3.63, 3.8) is 0 Å². The van der Waals surface area contributed by atoms with E-state index in [4.69, 9.17) is 11.6 Å². The predicted octanol–water partition coefficient (Wildman–Crippen LogP) is 3.36. The van der Waals surface area contributed by atoms with Gasteiger partial charge < -0.3 is 10.2 Å². The largest absolute Gasteiger partial charge is 0.355 e. The van der Waals surface area contributed by atoms with Crippen LogP contribution in [0.2, 0.25) is 5.02 Å². The van der Waals surface area contributed by atoms with E-state index in [0.29, 0.717) is 24.5 Å². The van der Waals surface area contributed by atoms with Gasteiger partial charge in [0.1, 0.15) is 5.92 Å². The van der Waals surface area contributed by atoms with Gasteiger partial charge in [-0.05, 0) is 49.6 Å². The number of benzene rings is 2. The van der Waals surface area contributed by atoms with E-state index in [9.17, 15) is 9.59 Å². The van der Waals surface area contributed by atoms with Gasteiger partial charge in [0, 0.05) is 23.8 Å². The van der Waals surface area contributed by atoms with Gasteiger partial charge >= 0.3 is 0 Å². The lowest BCUT2D eigenvalue weighted by Gasteiger charge is -2.16. The summed E-state index contributed by atoms with van der Waals surface area (Å²) in [6.45, 7) is 3.13. The minimum absolute atomic E-state index is 0.143. The molecule has 1 aliphatic heterocycles. The first-order chi connectivity index (χ1) is 12.0. The third kappa shape index (κ3) is 4.20. The second-order valence-electron chi connectivity index (χ2n) is 6.33. The Kier molecular flexibility index (Phi) is 5.39. The van der Waals surface area contributed by atoms with E-state index in [1.165, 1.54) is 11.1 Å². The van der Waals surface area contributed by atoms with Gasteiger partial charge in [0.25, 0.3) is 0 Å². The molecule has 0 aliphatic carbocycles. The quantitative estimate of drug-likeness (QED) is 0.835. The molecule has 130 valence electrons.